The van der Waals surface area contributed by atoms with Crippen LogP contribution in [0.15, 0.2) is 42.9 Å². The minimum Gasteiger partial charge on any atom is -0.230 e. The summed E-state index contributed by atoms with van der Waals surface area (Å²) >= 11 is 5.64. The van der Waals surface area contributed by atoms with E-state index in [-0.39, 0.29) is 10.8 Å². The minimum absolute atomic E-state index is 0.223. The molecule has 2 aromatic heterocycles. The van der Waals surface area contributed by atoms with Gasteiger partial charge in [0.2, 0.25) is 5.82 Å². The monoisotopic (exact) mass is 238 g/mol. The molecule has 0 saturated carbocycles. The molecule has 3 nitrogen and oxygen atoms in total. The van der Waals surface area contributed by atoms with Crippen molar-refractivity contribution in [2.45, 2.75) is 0 Å². The number of anilines is 1. The summed E-state index contributed by atoms with van der Waals surface area (Å²) in [5.41, 5.74) is 0. The number of halogens is 2. The zero-order valence-corrected chi connectivity index (χ0v) is 9.39. The van der Waals surface area contributed by atoms with Crippen LogP contribution in [0.3, 0.4) is 0 Å². The predicted octanol–water partition coefficient (Wildman–Crippen LogP) is 2.06. The van der Waals surface area contributed by atoms with Gasteiger partial charge < -0.3 is 0 Å². The second kappa shape index (κ2) is 4.45. The van der Waals surface area contributed by atoms with Gasteiger partial charge >= 0.3 is 0 Å². The summed E-state index contributed by atoms with van der Waals surface area (Å²) in [5.74, 6) is -0.230. The Balaban J connectivity index is 2.38. The standard InChI is InChI=1S/C11H10ClFN3/c1-15(16-5-3-2-4-6-16)11-10(13)7-9(12)8-14-11/h2-8H,1H3/q+1. The average Bonchev–Trinajstić information content (AvgIpc) is 2.29. The van der Waals surface area contributed by atoms with Crippen LogP contribution in [0.4, 0.5) is 10.2 Å². The van der Waals surface area contributed by atoms with E-state index in [4.69, 9.17) is 11.6 Å². The highest BCUT2D eigenvalue weighted by molar-refractivity contribution is 6.30. The highest BCUT2D eigenvalue weighted by Crippen LogP contribution is 2.16. The zero-order chi connectivity index (χ0) is 11.5. The maximum atomic E-state index is 13.6. The van der Waals surface area contributed by atoms with Crippen LogP contribution in [0.2, 0.25) is 5.02 Å². The van der Waals surface area contributed by atoms with Crippen LogP contribution in [0.1, 0.15) is 0 Å². The third-order valence-electron chi connectivity index (χ3n) is 2.14. The highest BCUT2D eigenvalue weighted by atomic mass is 35.5. The van der Waals surface area contributed by atoms with Gasteiger partial charge in [-0.3, -0.25) is 0 Å². The van der Waals surface area contributed by atoms with Gasteiger partial charge in [0.05, 0.1) is 12.1 Å². The van der Waals surface area contributed by atoms with Gasteiger partial charge in [0, 0.05) is 18.3 Å². The summed E-state index contributed by atoms with van der Waals surface area (Å²) in [5, 5.41) is 1.87. The third-order valence-corrected chi connectivity index (χ3v) is 2.35. The van der Waals surface area contributed by atoms with E-state index in [0.29, 0.717) is 0 Å². The zero-order valence-electron chi connectivity index (χ0n) is 8.64. The molecule has 0 fully saturated rings. The fourth-order valence-electron chi connectivity index (χ4n) is 1.34. The number of rotatable bonds is 2. The summed E-state index contributed by atoms with van der Waals surface area (Å²) in [4.78, 5) is 3.95. The molecule has 0 aliphatic rings. The van der Waals surface area contributed by atoms with Gasteiger partial charge in [-0.15, -0.1) is 5.01 Å². The van der Waals surface area contributed by atoms with E-state index in [1.54, 1.807) is 29.1 Å². The van der Waals surface area contributed by atoms with Crippen molar-refractivity contribution < 1.29 is 9.07 Å². The van der Waals surface area contributed by atoms with Crippen LogP contribution >= 0.6 is 11.6 Å². The quantitative estimate of drug-likeness (QED) is 0.747. The van der Waals surface area contributed by atoms with Crippen molar-refractivity contribution in [3.63, 3.8) is 0 Å². The molecule has 0 saturated heterocycles. The first-order chi connectivity index (χ1) is 7.68. The van der Waals surface area contributed by atoms with E-state index in [2.05, 4.69) is 4.98 Å². The maximum Gasteiger partial charge on any atom is 0.223 e. The molecule has 0 N–H and O–H groups in total. The number of hydrogen-bond acceptors (Lipinski definition) is 2. The first-order valence-electron chi connectivity index (χ1n) is 4.70. The Morgan fingerprint density at radius 3 is 2.62 bits per heavy atom. The van der Waals surface area contributed by atoms with E-state index >= 15 is 0 Å². The molecule has 16 heavy (non-hydrogen) atoms. The molecule has 0 unspecified atom stereocenters. The van der Waals surface area contributed by atoms with E-state index in [1.165, 1.54) is 12.3 Å². The van der Waals surface area contributed by atoms with Gasteiger partial charge in [-0.05, 0) is 6.07 Å². The van der Waals surface area contributed by atoms with Crippen molar-refractivity contribution in [1.29, 1.82) is 0 Å². The van der Waals surface area contributed by atoms with E-state index in [9.17, 15) is 4.39 Å². The molecule has 0 radical (unpaired) electrons. The van der Waals surface area contributed by atoms with Gasteiger partial charge in [-0.25, -0.2) is 9.37 Å². The number of aromatic nitrogens is 2. The second-order valence-electron chi connectivity index (χ2n) is 3.24. The van der Waals surface area contributed by atoms with Crippen LogP contribution in [0, 0.1) is 5.82 Å². The molecular formula is C11H10ClFN3+. The Hall–Kier alpha value is -1.68. The SMILES string of the molecule is CN(c1ncc(Cl)cc1F)[n+]1ccccc1. The fourth-order valence-corrected chi connectivity index (χ4v) is 1.49. The van der Waals surface area contributed by atoms with E-state index < -0.39 is 5.82 Å². The molecular weight excluding hydrogens is 229 g/mol. The van der Waals surface area contributed by atoms with Gasteiger partial charge in [0.15, 0.2) is 18.2 Å². The number of hydrogen-bond donors (Lipinski definition) is 0. The summed E-state index contributed by atoms with van der Waals surface area (Å²) < 4.78 is 15.3. The number of pyridine rings is 2. The molecule has 2 aromatic rings. The van der Waals surface area contributed by atoms with Crippen LogP contribution in [-0.2, 0) is 0 Å². The summed E-state index contributed by atoms with van der Waals surface area (Å²) in [6, 6.07) is 6.83. The molecule has 2 rings (SSSR count). The van der Waals surface area contributed by atoms with Crippen molar-refractivity contribution in [3.05, 3.63) is 53.7 Å². The minimum atomic E-state index is -0.452. The topological polar surface area (TPSA) is 20.0 Å². The maximum absolute atomic E-state index is 13.6. The van der Waals surface area contributed by atoms with Crippen molar-refractivity contribution >= 4 is 17.4 Å². The van der Waals surface area contributed by atoms with Crippen molar-refractivity contribution in [3.8, 4) is 0 Å². The normalized spacial score (nSPS) is 10.2. The second-order valence-corrected chi connectivity index (χ2v) is 3.67. The van der Waals surface area contributed by atoms with Crippen molar-refractivity contribution in [2.75, 3.05) is 12.1 Å². The Kier molecular flexibility index (Phi) is 3.01. The molecule has 0 aliphatic carbocycles. The Bertz CT molecular complexity index is 490. The first kappa shape index (κ1) is 10.8. The molecule has 0 aromatic carbocycles. The summed E-state index contributed by atoms with van der Waals surface area (Å²) in [7, 11) is 1.72. The van der Waals surface area contributed by atoms with Gasteiger partial charge in [0.25, 0.3) is 0 Å². The highest BCUT2D eigenvalue weighted by Gasteiger charge is 2.16. The largest absolute Gasteiger partial charge is 0.230 e. The Morgan fingerprint density at radius 1 is 1.31 bits per heavy atom. The molecule has 0 bridgehead atoms. The third kappa shape index (κ3) is 2.12. The molecule has 0 atom stereocenters. The summed E-state index contributed by atoms with van der Waals surface area (Å²) in [6.07, 6.45) is 5.02. The molecule has 2 heterocycles. The molecule has 0 amide bonds. The predicted molar refractivity (Wildman–Crippen MR) is 59.6 cm³/mol. The number of nitrogens with zero attached hydrogens (tertiary/aromatic N) is 3. The van der Waals surface area contributed by atoms with Crippen LogP contribution in [0.25, 0.3) is 0 Å². The van der Waals surface area contributed by atoms with Crippen molar-refractivity contribution in [1.82, 2.24) is 4.98 Å². The lowest BCUT2D eigenvalue weighted by atomic mass is 10.4. The van der Waals surface area contributed by atoms with Gasteiger partial charge in [-0.2, -0.15) is 0 Å². The Labute approximate surface area is 97.7 Å². The Morgan fingerprint density at radius 2 is 2.00 bits per heavy atom. The van der Waals surface area contributed by atoms with Crippen LogP contribution in [-0.4, -0.2) is 12.0 Å². The lowest BCUT2D eigenvalue weighted by molar-refractivity contribution is -0.681. The summed E-state index contributed by atoms with van der Waals surface area (Å²) in [6.45, 7) is 0. The van der Waals surface area contributed by atoms with Gasteiger partial charge in [-0.1, -0.05) is 22.3 Å². The molecule has 0 spiro atoms. The van der Waals surface area contributed by atoms with Crippen LogP contribution < -0.4 is 9.69 Å². The average molecular weight is 239 g/mol. The van der Waals surface area contributed by atoms with E-state index in [1.807, 2.05) is 18.2 Å². The fraction of sp³-hybridized carbons (Fsp3) is 0.0909. The smallest absolute Gasteiger partial charge is 0.223 e. The lowest BCUT2D eigenvalue weighted by Gasteiger charge is -2.11. The molecule has 0 aliphatic heterocycles. The van der Waals surface area contributed by atoms with Crippen molar-refractivity contribution in [2.24, 2.45) is 0 Å². The van der Waals surface area contributed by atoms with Gasteiger partial charge in [0.1, 0.15) is 0 Å². The molecule has 5 heteroatoms. The first-order valence-corrected chi connectivity index (χ1v) is 5.07. The lowest BCUT2D eigenvalue weighted by Crippen LogP contribution is -2.52. The molecule has 82 valence electrons. The van der Waals surface area contributed by atoms with E-state index in [0.717, 1.165) is 0 Å². The van der Waals surface area contributed by atoms with Crippen LogP contribution in [0.5, 0.6) is 0 Å².